The molecule has 0 fully saturated rings. The molecule has 0 saturated carbocycles. The van der Waals surface area contributed by atoms with E-state index < -0.39 is 0 Å². The second kappa shape index (κ2) is 5.13. The van der Waals surface area contributed by atoms with Crippen LogP contribution in [0, 0.1) is 5.82 Å². The van der Waals surface area contributed by atoms with Crippen molar-refractivity contribution in [2.45, 2.75) is 0 Å². The molecule has 4 aromatic rings. The van der Waals surface area contributed by atoms with E-state index in [9.17, 15) is 4.39 Å². The number of anilines is 1. The third-order valence-corrected chi connectivity index (χ3v) is 3.21. The maximum atomic E-state index is 13.2. The van der Waals surface area contributed by atoms with Crippen LogP contribution in [-0.4, -0.2) is 14.6 Å². The number of aromatic nitrogens is 3. The van der Waals surface area contributed by atoms with Gasteiger partial charge in [0.05, 0.1) is 6.26 Å². The normalized spacial score (nSPS) is 11.0. The van der Waals surface area contributed by atoms with E-state index in [0.29, 0.717) is 34.5 Å². The summed E-state index contributed by atoms with van der Waals surface area (Å²) in [6.45, 7) is 0. The van der Waals surface area contributed by atoms with Gasteiger partial charge in [0.15, 0.2) is 11.4 Å². The Labute approximate surface area is 129 Å². The highest BCUT2D eigenvalue weighted by Gasteiger charge is 2.12. The Hall–Kier alpha value is -3.35. The number of rotatable bonds is 3. The van der Waals surface area contributed by atoms with Gasteiger partial charge < -0.3 is 14.9 Å². The monoisotopic (exact) mass is 310 g/mol. The van der Waals surface area contributed by atoms with Gasteiger partial charge in [0.1, 0.15) is 23.1 Å². The van der Waals surface area contributed by atoms with Crippen molar-refractivity contribution in [1.82, 2.24) is 14.6 Å². The van der Waals surface area contributed by atoms with Gasteiger partial charge in [0.2, 0.25) is 5.82 Å². The summed E-state index contributed by atoms with van der Waals surface area (Å²) in [4.78, 5) is 4.36. The first kappa shape index (κ1) is 13.3. The van der Waals surface area contributed by atoms with Gasteiger partial charge in [0.25, 0.3) is 0 Å². The van der Waals surface area contributed by atoms with Crippen LogP contribution in [0.15, 0.2) is 59.2 Å². The molecule has 3 aromatic heterocycles. The Morgan fingerprint density at radius 1 is 1.09 bits per heavy atom. The first-order valence-electron chi connectivity index (χ1n) is 6.83. The number of fused-ring (bicyclic) bond motifs is 1. The van der Waals surface area contributed by atoms with Crippen LogP contribution < -0.4 is 10.5 Å². The summed E-state index contributed by atoms with van der Waals surface area (Å²) in [5.41, 5.74) is 6.49. The molecule has 0 atom stereocenters. The van der Waals surface area contributed by atoms with Gasteiger partial charge in [-0.25, -0.2) is 9.37 Å². The standard InChI is InChI=1S/C16H11FN4O2/c17-10-3-1-4-11(7-10)23-12-8-14(18)21-15(9-12)19-16(20-21)13-5-2-6-22-13/h1-9H,18H2. The number of halogens is 1. The second-order valence-electron chi connectivity index (χ2n) is 4.86. The third kappa shape index (κ3) is 2.48. The second-order valence-corrected chi connectivity index (χ2v) is 4.86. The average Bonchev–Trinajstić information content (AvgIpc) is 3.16. The highest BCUT2D eigenvalue weighted by atomic mass is 19.1. The molecule has 6 nitrogen and oxygen atoms in total. The van der Waals surface area contributed by atoms with E-state index >= 15 is 0 Å². The molecule has 0 aliphatic carbocycles. The molecule has 0 aliphatic heterocycles. The predicted molar refractivity (Wildman–Crippen MR) is 81.6 cm³/mol. The molecule has 114 valence electrons. The summed E-state index contributed by atoms with van der Waals surface area (Å²) in [7, 11) is 0. The minimum Gasteiger partial charge on any atom is -0.461 e. The predicted octanol–water partition coefficient (Wildman–Crippen LogP) is 3.50. The number of nitrogen functional groups attached to an aromatic ring is 1. The summed E-state index contributed by atoms with van der Waals surface area (Å²) in [6.07, 6.45) is 1.54. The Kier molecular flexibility index (Phi) is 2.97. The SMILES string of the molecule is Nc1cc(Oc2cccc(F)c2)cc2nc(-c3ccco3)nn12. The number of benzene rings is 1. The van der Waals surface area contributed by atoms with Crippen molar-refractivity contribution in [3.8, 4) is 23.1 Å². The Morgan fingerprint density at radius 2 is 2.00 bits per heavy atom. The molecule has 3 heterocycles. The van der Waals surface area contributed by atoms with Crippen molar-refractivity contribution < 1.29 is 13.5 Å². The van der Waals surface area contributed by atoms with Crippen LogP contribution in [0.25, 0.3) is 17.2 Å². The van der Waals surface area contributed by atoms with Crippen molar-refractivity contribution >= 4 is 11.5 Å². The molecule has 1 aromatic carbocycles. The lowest BCUT2D eigenvalue weighted by molar-refractivity contribution is 0.476. The fourth-order valence-corrected chi connectivity index (χ4v) is 2.22. The lowest BCUT2D eigenvalue weighted by atomic mass is 10.3. The number of nitrogens with two attached hydrogens (primary N) is 1. The van der Waals surface area contributed by atoms with Gasteiger partial charge in [0, 0.05) is 18.2 Å². The Bertz CT molecular complexity index is 979. The highest BCUT2D eigenvalue weighted by molar-refractivity contribution is 5.58. The van der Waals surface area contributed by atoms with E-state index in [1.165, 1.54) is 16.6 Å². The van der Waals surface area contributed by atoms with Gasteiger partial charge in [-0.05, 0) is 24.3 Å². The van der Waals surface area contributed by atoms with Crippen LogP contribution >= 0.6 is 0 Å². The number of hydrogen-bond acceptors (Lipinski definition) is 5. The van der Waals surface area contributed by atoms with Crippen LogP contribution in [0.3, 0.4) is 0 Å². The molecule has 0 radical (unpaired) electrons. The molecule has 4 rings (SSSR count). The van der Waals surface area contributed by atoms with E-state index in [0.717, 1.165) is 0 Å². The number of furan rings is 1. The van der Waals surface area contributed by atoms with E-state index in [2.05, 4.69) is 10.1 Å². The van der Waals surface area contributed by atoms with Crippen molar-refractivity contribution in [3.05, 3.63) is 60.6 Å². The van der Waals surface area contributed by atoms with E-state index in [4.69, 9.17) is 14.9 Å². The summed E-state index contributed by atoms with van der Waals surface area (Å²) in [6, 6.07) is 12.6. The summed E-state index contributed by atoms with van der Waals surface area (Å²) >= 11 is 0. The van der Waals surface area contributed by atoms with E-state index in [1.807, 2.05) is 0 Å². The van der Waals surface area contributed by atoms with Crippen LogP contribution in [0.4, 0.5) is 10.2 Å². The minimum absolute atomic E-state index is 0.346. The molecule has 0 saturated heterocycles. The molecule has 0 aliphatic rings. The van der Waals surface area contributed by atoms with Crippen LogP contribution in [0.5, 0.6) is 11.5 Å². The number of ether oxygens (including phenoxy) is 1. The molecule has 23 heavy (non-hydrogen) atoms. The Balaban J connectivity index is 1.74. The quantitative estimate of drug-likeness (QED) is 0.626. The zero-order valence-electron chi connectivity index (χ0n) is 11.8. The fraction of sp³-hybridized carbons (Fsp3) is 0. The number of hydrogen-bond donors (Lipinski definition) is 1. The smallest absolute Gasteiger partial charge is 0.217 e. The van der Waals surface area contributed by atoms with E-state index in [1.54, 1.807) is 42.7 Å². The number of pyridine rings is 1. The Morgan fingerprint density at radius 3 is 2.78 bits per heavy atom. The molecule has 0 amide bonds. The molecule has 2 N–H and O–H groups in total. The van der Waals surface area contributed by atoms with Crippen LogP contribution in [0.1, 0.15) is 0 Å². The maximum absolute atomic E-state index is 13.2. The molecular formula is C16H11FN4O2. The molecule has 0 unspecified atom stereocenters. The van der Waals surface area contributed by atoms with Crippen LogP contribution in [0.2, 0.25) is 0 Å². The van der Waals surface area contributed by atoms with Gasteiger partial charge in [-0.3, -0.25) is 0 Å². The van der Waals surface area contributed by atoms with Gasteiger partial charge in [-0.15, -0.1) is 5.10 Å². The summed E-state index contributed by atoms with van der Waals surface area (Å²) < 4.78 is 25.6. The third-order valence-electron chi connectivity index (χ3n) is 3.21. The zero-order chi connectivity index (χ0) is 15.8. The summed E-state index contributed by atoms with van der Waals surface area (Å²) in [5.74, 6) is 1.75. The average molecular weight is 310 g/mol. The number of nitrogens with zero attached hydrogens (tertiary/aromatic N) is 3. The molecule has 7 heteroatoms. The lowest BCUT2D eigenvalue weighted by Gasteiger charge is -2.07. The highest BCUT2D eigenvalue weighted by Crippen LogP contribution is 2.26. The van der Waals surface area contributed by atoms with Crippen molar-refractivity contribution in [1.29, 1.82) is 0 Å². The van der Waals surface area contributed by atoms with E-state index in [-0.39, 0.29) is 5.82 Å². The molecular weight excluding hydrogens is 299 g/mol. The lowest BCUT2D eigenvalue weighted by Crippen LogP contribution is -1.99. The summed E-state index contributed by atoms with van der Waals surface area (Å²) in [5, 5.41) is 4.29. The van der Waals surface area contributed by atoms with Crippen molar-refractivity contribution in [2.75, 3.05) is 5.73 Å². The first-order valence-corrected chi connectivity index (χ1v) is 6.83. The van der Waals surface area contributed by atoms with Crippen LogP contribution in [-0.2, 0) is 0 Å². The topological polar surface area (TPSA) is 78.6 Å². The van der Waals surface area contributed by atoms with Crippen molar-refractivity contribution in [3.63, 3.8) is 0 Å². The van der Waals surface area contributed by atoms with Gasteiger partial charge >= 0.3 is 0 Å². The zero-order valence-corrected chi connectivity index (χ0v) is 11.8. The van der Waals surface area contributed by atoms with Gasteiger partial charge in [-0.1, -0.05) is 6.07 Å². The maximum Gasteiger partial charge on any atom is 0.217 e. The van der Waals surface area contributed by atoms with Gasteiger partial charge in [-0.2, -0.15) is 4.52 Å². The minimum atomic E-state index is -0.376. The molecule has 0 spiro atoms. The largest absolute Gasteiger partial charge is 0.461 e. The fourth-order valence-electron chi connectivity index (χ4n) is 2.22. The molecule has 0 bridgehead atoms. The first-order chi connectivity index (χ1) is 11.2. The van der Waals surface area contributed by atoms with Crippen molar-refractivity contribution in [2.24, 2.45) is 0 Å².